The Bertz CT molecular complexity index is 791. The molecule has 0 saturated carbocycles. The summed E-state index contributed by atoms with van der Waals surface area (Å²) in [4.78, 5) is 36.1. The van der Waals surface area contributed by atoms with Crippen LogP contribution in [0.15, 0.2) is 36.0 Å². The van der Waals surface area contributed by atoms with Crippen molar-refractivity contribution >= 4 is 23.3 Å². The summed E-state index contributed by atoms with van der Waals surface area (Å²) < 4.78 is 5.01. The summed E-state index contributed by atoms with van der Waals surface area (Å²) in [6.07, 6.45) is 2.62. The van der Waals surface area contributed by atoms with E-state index in [4.69, 9.17) is 4.74 Å². The van der Waals surface area contributed by atoms with Crippen molar-refractivity contribution in [1.82, 2.24) is 4.90 Å². The van der Waals surface area contributed by atoms with E-state index in [9.17, 15) is 25.0 Å². The minimum Gasteiger partial charge on any atom is -0.466 e. The summed E-state index contributed by atoms with van der Waals surface area (Å²) in [5.74, 6) is -1.03. The Labute approximate surface area is 156 Å². The van der Waals surface area contributed by atoms with Gasteiger partial charge in [0.25, 0.3) is 11.6 Å². The molecule has 1 amide bonds. The van der Waals surface area contributed by atoms with Gasteiger partial charge >= 0.3 is 5.97 Å². The van der Waals surface area contributed by atoms with Gasteiger partial charge in [-0.05, 0) is 25.8 Å². The van der Waals surface area contributed by atoms with Crippen LogP contribution in [-0.2, 0) is 14.3 Å². The summed E-state index contributed by atoms with van der Waals surface area (Å²) in [7, 11) is 0. The van der Waals surface area contributed by atoms with Crippen LogP contribution in [0, 0.1) is 27.4 Å². The molecule has 142 valence electrons. The lowest BCUT2D eigenvalue weighted by Crippen LogP contribution is -2.34. The van der Waals surface area contributed by atoms with Gasteiger partial charge in [-0.15, -0.1) is 0 Å². The number of carbonyl (C=O) groups excluding carboxylic acids is 2. The molecule has 1 aliphatic rings. The van der Waals surface area contributed by atoms with Crippen molar-refractivity contribution in [3.63, 3.8) is 0 Å². The molecule has 9 nitrogen and oxygen atoms in total. The Balaban J connectivity index is 1.99. The number of nitrogens with one attached hydrogen (secondary N) is 1. The normalized spacial score (nSPS) is 15.0. The molecule has 1 N–H and O–H groups in total. The molecule has 1 fully saturated rings. The van der Waals surface area contributed by atoms with Crippen molar-refractivity contribution in [2.75, 3.05) is 25.0 Å². The number of nitriles is 1. The van der Waals surface area contributed by atoms with Crippen LogP contribution in [-0.4, -0.2) is 41.4 Å². The van der Waals surface area contributed by atoms with E-state index in [0.29, 0.717) is 32.5 Å². The topological polar surface area (TPSA) is 126 Å². The summed E-state index contributed by atoms with van der Waals surface area (Å²) in [5, 5.41) is 22.6. The molecule has 27 heavy (non-hydrogen) atoms. The number of likely N-dealkylation sites (tertiary alicyclic amines) is 1. The number of piperidine rings is 1. The predicted molar refractivity (Wildman–Crippen MR) is 96.4 cm³/mol. The maximum Gasteiger partial charge on any atom is 0.309 e. The molecule has 1 saturated heterocycles. The molecule has 0 unspecified atom stereocenters. The average Bonchev–Trinajstić information content (AvgIpc) is 2.66. The first kappa shape index (κ1) is 19.9. The number of hydrogen-bond donors (Lipinski definition) is 1. The van der Waals surface area contributed by atoms with E-state index in [1.54, 1.807) is 11.8 Å². The Morgan fingerprint density at radius 1 is 1.44 bits per heavy atom. The summed E-state index contributed by atoms with van der Waals surface area (Å²) >= 11 is 0. The van der Waals surface area contributed by atoms with E-state index in [-0.39, 0.29) is 28.8 Å². The minimum absolute atomic E-state index is 0.115. The first-order valence-electron chi connectivity index (χ1n) is 8.53. The largest absolute Gasteiger partial charge is 0.466 e. The quantitative estimate of drug-likeness (QED) is 0.267. The number of anilines is 1. The highest BCUT2D eigenvalue weighted by molar-refractivity contribution is 6.06. The van der Waals surface area contributed by atoms with Crippen LogP contribution in [0.5, 0.6) is 0 Å². The summed E-state index contributed by atoms with van der Waals surface area (Å²) in [5.41, 5.74) is -0.0382. The van der Waals surface area contributed by atoms with E-state index >= 15 is 0 Å². The van der Waals surface area contributed by atoms with E-state index < -0.39 is 10.8 Å². The SMILES string of the molecule is CCOC(=O)C1CCN(/C=C(/C#N)C(=O)Nc2cccc([N+](=O)[O-])c2)CC1. The van der Waals surface area contributed by atoms with Gasteiger partial charge in [-0.2, -0.15) is 5.26 Å². The summed E-state index contributed by atoms with van der Waals surface area (Å²) in [6, 6.07) is 7.33. The van der Waals surface area contributed by atoms with E-state index in [1.165, 1.54) is 30.5 Å². The molecule has 1 aromatic carbocycles. The Kier molecular flexibility index (Phi) is 6.88. The Hall–Kier alpha value is -3.41. The molecule has 1 aromatic rings. The van der Waals surface area contributed by atoms with Crippen LogP contribution in [0.3, 0.4) is 0 Å². The van der Waals surface area contributed by atoms with Gasteiger partial charge in [-0.1, -0.05) is 6.07 Å². The van der Waals surface area contributed by atoms with Gasteiger partial charge in [0.1, 0.15) is 11.6 Å². The molecular weight excluding hydrogens is 352 g/mol. The molecule has 0 atom stereocenters. The fraction of sp³-hybridized carbons (Fsp3) is 0.389. The second-order valence-electron chi connectivity index (χ2n) is 5.98. The average molecular weight is 372 g/mol. The zero-order valence-electron chi connectivity index (χ0n) is 14.9. The van der Waals surface area contributed by atoms with Crippen LogP contribution >= 0.6 is 0 Å². The fourth-order valence-electron chi connectivity index (χ4n) is 2.74. The van der Waals surface area contributed by atoms with Gasteiger partial charge in [0, 0.05) is 37.1 Å². The van der Waals surface area contributed by atoms with Crippen molar-refractivity contribution in [3.05, 3.63) is 46.2 Å². The van der Waals surface area contributed by atoms with E-state index in [2.05, 4.69) is 5.32 Å². The van der Waals surface area contributed by atoms with Crippen LogP contribution in [0.2, 0.25) is 0 Å². The molecule has 0 aromatic heterocycles. The number of nitro benzene ring substituents is 1. The smallest absolute Gasteiger partial charge is 0.309 e. The lowest BCUT2D eigenvalue weighted by Gasteiger charge is -2.30. The van der Waals surface area contributed by atoms with E-state index in [1.807, 2.05) is 6.07 Å². The van der Waals surface area contributed by atoms with Crippen LogP contribution < -0.4 is 5.32 Å². The number of nitrogens with zero attached hydrogens (tertiary/aromatic N) is 3. The number of hydrogen-bond acceptors (Lipinski definition) is 7. The minimum atomic E-state index is -0.648. The Morgan fingerprint density at radius 2 is 2.15 bits per heavy atom. The van der Waals surface area contributed by atoms with Gasteiger partial charge in [0.05, 0.1) is 17.4 Å². The molecular formula is C18H20N4O5. The molecule has 0 spiro atoms. The molecule has 9 heteroatoms. The number of amides is 1. The monoisotopic (exact) mass is 372 g/mol. The number of carbonyl (C=O) groups is 2. The molecule has 0 radical (unpaired) electrons. The number of esters is 1. The van der Waals surface area contributed by atoms with Gasteiger partial charge in [0.2, 0.25) is 0 Å². The van der Waals surface area contributed by atoms with Crippen molar-refractivity contribution in [2.45, 2.75) is 19.8 Å². The van der Waals surface area contributed by atoms with Gasteiger partial charge < -0.3 is 15.0 Å². The van der Waals surface area contributed by atoms with Crippen LogP contribution in [0.1, 0.15) is 19.8 Å². The lowest BCUT2D eigenvalue weighted by molar-refractivity contribution is -0.384. The van der Waals surface area contributed by atoms with Crippen LogP contribution in [0.25, 0.3) is 0 Å². The highest BCUT2D eigenvalue weighted by atomic mass is 16.6. The van der Waals surface area contributed by atoms with Crippen molar-refractivity contribution in [1.29, 1.82) is 5.26 Å². The van der Waals surface area contributed by atoms with Gasteiger partial charge in [-0.3, -0.25) is 19.7 Å². The van der Waals surface area contributed by atoms with Crippen molar-refractivity contribution in [2.24, 2.45) is 5.92 Å². The van der Waals surface area contributed by atoms with E-state index in [0.717, 1.165) is 0 Å². The maximum atomic E-state index is 12.3. The lowest BCUT2D eigenvalue weighted by atomic mass is 9.97. The number of rotatable bonds is 6. The number of benzene rings is 1. The molecule has 1 heterocycles. The third-order valence-corrected chi connectivity index (χ3v) is 4.14. The first-order chi connectivity index (χ1) is 12.9. The number of non-ortho nitro benzene ring substituents is 1. The standard InChI is InChI=1S/C18H20N4O5/c1-2-27-18(24)13-6-8-21(9-7-13)12-14(11-19)17(23)20-15-4-3-5-16(10-15)22(25)26/h3-5,10,12-13H,2,6-9H2,1H3,(H,20,23)/b14-12-. The van der Waals surface area contributed by atoms with Gasteiger partial charge in [-0.25, -0.2) is 0 Å². The summed E-state index contributed by atoms with van der Waals surface area (Å²) in [6.45, 7) is 3.15. The van der Waals surface area contributed by atoms with Gasteiger partial charge in [0.15, 0.2) is 0 Å². The Morgan fingerprint density at radius 3 is 2.74 bits per heavy atom. The molecule has 2 rings (SSSR count). The van der Waals surface area contributed by atoms with Crippen molar-refractivity contribution < 1.29 is 19.2 Å². The third-order valence-electron chi connectivity index (χ3n) is 4.14. The molecule has 0 aliphatic carbocycles. The zero-order valence-corrected chi connectivity index (χ0v) is 14.9. The maximum absolute atomic E-state index is 12.3. The highest BCUT2D eigenvalue weighted by Gasteiger charge is 2.25. The van der Waals surface area contributed by atoms with Crippen molar-refractivity contribution in [3.8, 4) is 6.07 Å². The second-order valence-corrected chi connectivity index (χ2v) is 5.98. The number of nitro groups is 1. The zero-order chi connectivity index (χ0) is 19.8. The first-order valence-corrected chi connectivity index (χ1v) is 8.53. The third kappa shape index (κ3) is 5.54. The predicted octanol–water partition coefficient (Wildman–Crippen LogP) is 2.22. The second kappa shape index (κ2) is 9.33. The fourth-order valence-corrected chi connectivity index (χ4v) is 2.74. The molecule has 0 bridgehead atoms. The number of ether oxygens (including phenoxy) is 1. The molecule has 1 aliphatic heterocycles. The highest BCUT2D eigenvalue weighted by Crippen LogP contribution is 2.20. The van der Waals surface area contributed by atoms with Crippen LogP contribution in [0.4, 0.5) is 11.4 Å².